The summed E-state index contributed by atoms with van der Waals surface area (Å²) in [5.41, 5.74) is 4.11. The van der Waals surface area contributed by atoms with Crippen molar-refractivity contribution in [2.75, 3.05) is 34.4 Å². The molecule has 0 saturated heterocycles. The molecule has 3 unspecified atom stereocenters. The van der Waals surface area contributed by atoms with E-state index in [0.29, 0.717) is 47.6 Å². The molecule has 226 valence electrons. The number of hydrogen-bond donors (Lipinski definition) is 0. The Morgan fingerprint density at radius 1 is 1.05 bits per heavy atom. The van der Waals surface area contributed by atoms with Crippen molar-refractivity contribution in [2.24, 2.45) is 10.9 Å². The van der Waals surface area contributed by atoms with E-state index >= 15 is 0 Å². The van der Waals surface area contributed by atoms with Crippen molar-refractivity contribution in [3.05, 3.63) is 82.2 Å². The van der Waals surface area contributed by atoms with Crippen LogP contribution in [0, 0.1) is 5.92 Å². The van der Waals surface area contributed by atoms with E-state index in [1.54, 1.807) is 32.7 Å². The first kappa shape index (κ1) is 30.9. The highest BCUT2D eigenvalue weighted by atomic mass is 35.5. The van der Waals surface area contributed by atoms with Crippen LogP contribution in [-0.4, -0.2) is 63.6 Å². The first-order valence-electron chi connectivity index (χ1n) is 14.5. The summed E-state index contributed by atoms with van der Waals surface area (Å²) >= 11 is 8.67. The fourth-order valence-electron chi connectivity index (χ4n) is 5.95. The van der Waals surface area contributed by atoms with E-state index in [9.17, 15) is 4.79 Å². The number of aliphatic imine (C=N–C) groups is 1. The smallest absolute Gasteiger partial charge is 0.306 e. The molecule has 2 aromatic carbocycles. The van der Waals surface area contributed by atoms with Gasteiger partial charge in [0, 0.05) is 12.3 Å². The minimum Gasteiger partial charge on any atom is -0.496 e. The van der Waals surface area contributed by atoms with Gasteiger partial charge in [-0.25, -0.2) is 9.28 Å². The van der Waals surface area contributed by atoms with Gasteiger partial charge in [0.2, 0.25) is 0 Å². The maximum Gasteiger partial charge on any atom is 0.306 e. The second kappa shape index (κ2) is 13.4. The second-order valence-corrected chi connectivity index (χ2v) is 12.5. The van der Waals surface area contributed by atoms with Crippen LogP contribution in [0.1, 0.15) is 25.8 Å². The predicted molar refractivity (Wildman–Crippen MR) is 177 cm³/mol. The summed E-state index contributed by atoms with van der Waals surface area (Å²) in [5, 5.41) is 4.62. The molecule has 3 atom stereocenters. The zero-order chi connectivity index (χ0) is 30.6. The van der Waals surface area contributed by atoms with Crippen molar-refractivity contribution < 1.29 is 19.0 Å². The highest BCUT2D eigenvalue weighted by molar-refractivity contribution is 7.08. The van der Waals surface area contributed by atoms with Crippen LogP contribution in [0.15, 0.2) is 76.6 Å². The molecule has 0 saturated carbocycles. The SMILES string of the molecule is COc1ccc(-c2ccsc2)cc1CC1C(C[N+](C=O)(CCC(C)C)c2ccc(OC)c(OC)c2Cl)N=C2C=CC=CN21. The lowest BCUT2D eigenvalue weighted by atomic mass is 9.94. The maximum absolute atomic E-state index is 13.3. The van der Waals surface area contributed by atoms with E-state index in [0.717, 1.165) is 35.5 Å². The Balaban J connectivity index is 1.57. The largest absolute Gasteiger partial charge is 0.496 e. The number of methoxy groups -OCH3 is 3. The Morgan fingerprint density at radius 2 is 1.84 bits per heavy atom. The van der Waals surface area contributed by atoms with Crippen LogP contribution in [0.4, 0.5) is 5.69 Å². The summed E-state index contributed by atoms with van der Waals surface area (Å²) in [5.74, 6) is 3.05. The Labute approximate surface area is 263 Å². The monoisotopic (exact) mass is 620 g/mol. The van der Waals surface area contributed by atoms with Crippen LogP contribution >= 0.6 is 22.9 Å². The number of rotatable bonds is 13. The Bertz CT molecular complexity index is 1530. The number of carbonyl (C=O) groups excluding carboxylic acids is 1. The van der Waals surface area contributed by atoms with Crippen LogP contribution in [0.3, 0.4) is 0 Å². The second-order valence-electron chi connectivity index (χ2n) is 11.3. The molecule has 0 N–H and O–H groups in total. The molecule has 0 fully saturated rings. The van der Waals surface area contributed by atoms with E-state index in [2.05, 4.69) is 53.9 Å². The van der Waals surface area contributed by atoms with Crippen molar-refractivity contribution in [3.8, 4) is 28.4 Å². The van der Waals surface area contributed by atoms with Gasteiger partial charge in [-0.3, -0.25) is 4.99 Å². The molecule has 3 heterocycles. The normalized spacial score (nSPS) is 18.8. The van der Waals surface area contributed by atoms with Gasteiger partial charge in [0.25, 0.3) is 0 Å². The molecule has 0 radical (unpaired) electrons. The Hall–Kier alpha value is -3.59. The van der Waals surface area contributed by atoms with Crippen molar-refractivity contribution in [3.63, 3.8) is 0 Å². The average Bonchev–Trinajstić information content (AvgIpc) is 3.68. The summed E-state index contributed by atoms with van der Waals surface area (Å²) in [4.78, 5) is 20.7. The zero-order valence-corrected chi connectivity index (χ0v) is 26.9. The molecule has 3 aromatic rings. The van der Waals surface area contributed by atoms with Gasteiger partial charge in [0.05, 0.1) is 33.9 Å². The number of hydrogen-bond acceptors (Lipinski definition) is 7. The predicted octanol–water partition coefficient (Wildman–Crippen LogP) is 7.38. The highest BCUT2D eigenvalue weighted by Crippen LogP contribution is 2.44. The van der Waals surface area contributed by atoms with Gasteiger partial charge in [0.15, 0.2) is 17.2 Å². The van der Waals surface area contributed by atoms with E-state index < -0.39 is 0 Å². The number of nitrogens with zero attached hydrogens (tertiary/aromatic N) is 3. The number of amides is 1. The first-order valence-corrected chi connectivity index (χ1v) is 15.8. The number of quaternary nitrogens is 1. The standard InChI is InChI=1S/C34H39ClN3O4S/c1-23(2)13-16-38(22-39,29-10-12-31(41-4)34(42-5)33(29)35)20-27-28(37-15-7-6-8-32(37)36-27)19-26-18-24(9-11-30(26)40-3)25-14-17-43-21-25/h6-12,14-15,17-18,21-23,27-28H,13,16,19-20H2,1-5H3/q+1. The van der Waals surface area contributed by atoms with Crippen LogP contribution in [0.25, 0.3) is 11.1 Å². The van der Waals surface area contributed by atoms with Gasteiger partial charge in [-0.1, -0.05) is 37.6 Å². The number of allylic oxidation sites excluding steroid dienone is 2. The van der Waals surface area contributed by atoms with Crippen molar-refractivity contribution in [1.82, 2.24) is 9.38 Å². The fraction of sp³-hybridized carbons (Fsp3) is 0.353. The molecular formula is C34H39ClN3O4S+. The third-order valence-corrected chi connectivity index (χ3v) is 9.34. The summed E-state index contributed by atoms with van der Waals surface area (Å²) in [6.45, 7) is 5.34. The zero-order valence-electron chi connectivity index (χ0n) is 25.3. The highest BCUT2D eigenvalue weighted by Gasteiger charge is 2.44. The van der Waals surface area contributed by atoms with Crippen molar-refractivity contribution >= 4 is 40.9 Å². The molecule has 1 aromatic heterocycles. The molecule has 5 rings (SSSR count). The van der Waals surface area contributed by atoms with E-state index in [1.807, 2.05) is 36.4 Å². The van der Waals surface area contributed by atoms with E-state index in [-0.39, 0.29) is 16.6 Å². The quantitative estimate of drug-likeness (QED) is 0.147. The molecule has 2 aliphatic rings. The maximum atomic E-state index is 13.3. The fourth-order valence-corrected chi connectivity index (χ4v) is 7.02. The lowest BCUT2D eigenvalue weighted by Gasteiger charge is -2.37. The molecule has 7 nitrogen and oxygen atoms in total. The third-order valence-electron chi connectivity index (χ3n) is 8.30. The van der Waals surface area contributed by atoms with E-state index in [1.165, 1.54) is 5.56 Å². The third kappa shape index (κ3) is 6.23. The average molecular weight is 621 g/mol. The number of thiophene rings is 1. The molecule has 1 amide bonds. The molecular weight excluding hydrogens is 582 g/mol. The van der Waals surface area contributed by atoms with Gasteiger partial charge in [-0.2, -0.15) is 11.3 Å². The Kier molecular flexibility index (Phi) is 9.59. The molecule has 0 bridgehead atoms. The van der Waals surface area contributed by atoms with Crippen LogP contribution in [-0.2, 0) is 11.2 Å². The minimum atomic E-state index is -0.210. The summed E-state index contributed by atoms with van der Waals surface area (Å²) in [6.07, 6.45) is 10.7. The van der Waals surface area contributed by atoms with Gasteiger partial charge < -0.3 is 19.1 Å². The lowest BCUT2D eigenvalue weighted by molar-refractivity contribution is -0.118. The van der Waals surface area contributed by atoms with Crippen LogP contribution in [0.5, 0.6) is 17.2 Å². The van der Waals surface area contributed by atoms with Gasteiger partial charge in [0.1, 0.15) is 29.2 Å². The molecule has 9 heteroatoms. The summed E-state index contributed by atoms with van der Waals surface area (Å²) in [7, 11) is 4.84. The molecule has 0 aliphatic carbocycles. The summed E-state index contributed by atoms with van der Waals surface area (Å²) < 4.78 is 17.0. The van der Waals surface area contributed by atoms with Crippen LogP contribution in [0.2, 0.25) is 5.02 Å². The Morgan fingerprint density at radius 3 is 2.51 bits per heavy atom. The van der Waals surface area contributed by atoms with E-state index in [4.69, 9.17) is 30.8 Å². The number of carbonyl (C=O) groups is 1. The number of benzene rings is 2. The van der Waals surface area contributed by atoms with Crippen LogP contribution < -0.4 is 18.7 Å². The number of amidine groups is 1. The molecule has 0 spiro atoms. The van der Waals surface area contributed by atoms with Gasteiger partial charge in [-0.15, -0.1) is 0 Å². The number of fused-ring (bicyclic) bond motifs is 1. The number of ether oxygens (including phenoxy) is 3. The number of halogens is 1. The topological polar surface area (TPSA) is 60.4 Å². The lowest BCUT2D eigenvalue weighted by Crippen LogP contribution is -2.56. The van der Waals surface area contributed by atoms with Crippen molar-refractivity contribution in [2.45, 2.75) is 38.8 Å². The van der Waals surface area contributed by atoms with Gasteiger partial charge >= 0.3 is 6.41 Å². The summed E-state index contributed by atoms with van der Waals surface area (Å²) in [6, 6.07) is 11.9. The molecule has 43 heavy (non-hydrogen) atoms. The first-order chi connectivity index (χ1) is 20.8. The van der Waals surface area contributed by atoms with Crippen molar-refractivity contribution in [1.29, 1.82) is 0 Å². The molecule has 2 aliphatic heterocycles. The van der Waals surface area contributed by atoms with Gasteiger partial charge in [-0.05, 0) is 82.6 Å². The minimum absolute atomic E-state index is 0.0165.